The van der Waals surface area contributed by atoms with Gasteiger partial charge in [-0.1, -0.05) is 36.7 Å². The number of pyridine rings is 1. The highest BCUT2D eigenvalue weighted by Gasteiger charge is 2.15. The van der Waals surface area contributed by atoms with Crippen LogP contribution >= 0.6 is 23.1 Å². The highest BCUT2D eigenvalue weighted by molar-refractivity contribution is 7.09. The number of ether oxygens (including phenoxy) is 2. The van der Waals surface area contributed by atoms with Gasteiger partial charge < -0.3 is 9.47 Å². The molecular weight excluding hydrogens is 394 g/mol. The fraction of sp³-hybridized carbons (Fsp3) is 0.286. The lowest BCUT2D eigenvalue weighted by atomic mass is 9.98. The highest BCUT2D eigenvalue weighted by atomic mass is 35.5. The van der Waals surface area contributed by atoms with Crippen LogP contribution < -0.4 is 4.74 Å². The third kappa shape index (κ3) is 4.51. The molecule has 0 radical (unpaired) electrons. The van der Waals surface area contributed by atoms with Crippen molar-refractivity contribution >= 4 is 29.2 Å². The number of aromatic nitrogens is 3. The first-order chi connectivity index (χ1) is 13.5. The number of nitrogens with zero attached hydrogens (tertiary/aromatic N) is 3. The van der Waals surface area contributed by atoms with Crippen LogP contribution in [0.25, 0.3) is 28.0 Å². The molecule has 2 heterocycles. The van der Waals surface area contributed by atoms with Crippen LogP contribution in [-0.4, -0.2) is 27.6 Å². The Morgan fingerprint density at radius 1 is 1.29 bits per heavy atom. The van der Waals surface area contributed by atoms with E-state index in [0.717, 1.165) is 28.1 Å². The van der Waals surface area contributed by atoms with Crippen molar-refractivity contribution in [3.05, 3.63) is 52.9 Å². The Hall–Kier alpha value is -2.44. The van der Waals surface area contributed by atoms with Crippen LogP contribution in [0.4, 0.5) is 0 Å². The van der Waals surface area contributed by atoms with Crippen LogP contribution in [0.5, 0.6) is 5.88 Å². The lowest BCUT2D eigenvalue weighted by molar-refractivity contribution is 0.233. The van der Waals surface area contributed by atoms with Crippen LogP contribution in [0.2, 0.25) is 5.02 Å². The summed E-state index contributed by atoms with van der Waals surface area (Å²) in [4.78, 5) is 9.05. The Balaban J connectivity index is 1.95. The average Bonchev–Trinajstić information content (AvgIpc) is 3.17. The zero-order chi connectivity index (χ0) is 20.1. The van der Waals surface area contributed by atoms with Gasteiger partial charge in [0, 0.05) is 17.3 Å². The highest BCUT2D eigenvalue weighted by Crippen LogP contribution is 2.32. The number of benzene rings is 1. The van der Waals surface area contributed by atoms with E-state index in [0.29, 0.717) is 16.7 Å². The van der Waals surface area contributed by atoms with E-state index >= 15 is 0 Å². The smallest absolute Gasteiger partial charge is 0.232 e. The third-order valence-corrected chi connectivity index (χ3v) is 5.05. The summed E-state index contributed by atoms with van der Waals surface area (Å²) in [5.74, 6) is 1.12. The maximum absolute atomic E-state index is 6.31. The zero-order valence-electron chi connectivity index (χ0n) is 16.3. The summed E-state index contributed by atoms with van der Waals surface area (Å²) in [5, 5.41) is 1.23. The maximum atomic E-state index is 6.31. The molecule has 0 fully saturated rings. The molecule has 7 heteroatoms. The first-order valence-electron chi connectivity index (χ1n) is 9.01. The molecule has 0 bridgehead atoms. The van der Waals surface area contributed by atoms with Gasteiger partial charge in [0.1, 0.15) is 10.0 Å². The Kier molecular flexibility index (Phi) is 6.65. The summed E-state index contributed by atoms with van der Waals surface area (Å²) in [6.07, 6.45) is 6.21. The van der Waals surface area contributed by atoms with Crippen molar-refractivity contribution in [1.82, 2.24) is 14.3 Å². The summed E-state index contributed by atoms with van der Waals surface area (Å²) >= 11 is 7.64. The predicted molar refractivity (Wildman–Crippen MR) is 115 cm³/mol. The molecular formula is C21H22ClN3O2S. The normalized spacial score (nSPS) is 11.4. The van der Waals surface area contributed by atoms with Crippen molar-refractivity contribution in [2.45, 2.75) is 33.3 Å². The standard InChI is InChI=1S/C21H22ClN3O2S/c1-5-16-14(9-10-26-4)7-6-8-17(16)19-24-21(28-25-19)15-11-18(22)20(23-12-15)27-13(2)3/h6-13H,5H2,1-4H3/b10-9+. The fourth-order valence-corrected chi connectivity index (χ4v) is 3.68. The number of methoxy groups -OCH3 is 1. The van der Waals surface area contributed by atoms with E-state index < -0.39 is 0 Å². The molecule has 0 saturated heterocycles. The largest absolute Gasteiger partial charge is 0.504 e. The maximum Gasteiger partial charge on any atom is 0.232 e. The molecule has 0 aliphatic carbocycles. The summed E-state index contributed by atoms with van der Waals surface area (Å²) < 4.78 is 15.2. The molecule has 0 spiro atoms. The molecule has 2 aromatic heterocycles. The minimum absolute atomic E-state index is 0.0101. The van der Waals surface area contributed by atoms with Gasteiger partial charge >= 0.3 is 0 Å². The number of halogens is 1. The van der Waals surface area contributed by atoms with E-state index in [-0.39, 0.29) is 6.10 Å². The molecule has 0 aliphatic rings. The molecule has 0 unspecified atom stereocenters. The third-order valence-electron chi connectivity index (χ3n) is 4.02. The monoisotopic (exact) mass is 415 g/mol. The van der Waals surface area contributed by atoms with Crippen molar-refractivity contribution in [2.24, 2.45) is 0 Å². The molecule has 5 nitrogen and oxygen atoms in total. The summed E-state index contributed by atoms with van der Waals surface area (Å²) in [6.45, 7) is 5.99. The SMILES string of the molecule is CCc1c(/C=C/OC)cccc1-c1nsc(-c2cnc(OC(C)C)c(Cl)c2)n1. The molecule has 3 aromatic rings. The first-order valence-corrected chi connectivity index (χ1v) is 10.2. The summed E-state index contributed by atoms with van der Waals surface area (Å²) in [7, 11) is 1.64. The minimum Gasteiger partial charge on any atom is -0.504 e. The second-order valence-electron chi connectivity index (χ2n) is 6.37. The van der Waals surface area contributed by atoms with Crippen LogP contribution in [-0.2, 0) is 11.2 Å². The number of hydrogen-bond acceptors (Lipinski definition) is 6. The Bertz CT molecular complexity index is 986. The summed E-state index contributed by atoms with van der Waals surface area (Å²) in [5.41, 5.74) is 4.11. The van der Waals surface area contributed by atoms with Crippen molar-refractivity contribution in [1.29, 1.82) is 0 Å². The minimum atomic E-state index is 0.0101. The van der Waals surface area contributed by atoms with Crippen molar-refractivity contribution in [3.8, 4) is 27.8 Å². The second-order valence-corrected chi connectivity index (χ2v) is 7.53. The van der Waals surface area contributed by atoms with Gasteiger partial charge in [-0.2, -0.15) is 4.37 Å². The molecule has 28 heavy (non-hydrogen) atoms. The first kappa shape index (κ1) is 20.3. The van der Waals surface area contributed by atoms with Gasteiger partial charge in [-0.3, -0.25) is 0 Å². The van der Waals surface area contributed by atoms with Crippen molar-refractivity contribution in [3.63, 3.8) is 0 Å². The lowest BCUT2D eigenvalue weighted by Gasteiger charge is -2.10. The van der Waals surface area contributed by atoms with E-state index in [1.807, 2.05) is 38.1 Å². The van der Waals surface area contributed by atoms with E-state index in [9.17, 15) is 0 Å². The topological polar surface area (TPSA) is 57.1 Å². The molecule has 0 amide bonds. The molecule has 0 N–H and O–H groups in total. The van der Waals surface area contributed by atoms with Crippen LogP contribution in [0.15, 0.2) is 36.7 Å². The fourth-order valence-electron chi connectivity index (χ4n) is 2.81. The van der Waals surface area contributed by atoms with E-state index in [1.165, 1.54) is 17.1 Å². The molecule has 3 rings (SSSR count). The van der Waals surface area contributed by atoms with Gasteiger partial charge in [-0.05, 0) is 55.1 Å². The van der Waals surface area contributed by atoms with E-state index in [2.05, 4.69) is 22.3 Å². The van der Waals surface area contributed by atoms with Crippen LogP contribution in [0.1, 0.15) is 31.9 Å². The lowest BCUT2D eigenvalue weighted by Crippen LogP contribution is -2.07. The van der Waals surface area contributed by atoms with Gasteiger partial charge in [0.05, 0.1) is 19.5 Å². The van der Waals surface area contributed by atoms with Gasteiger partial charge in [0.2, 0.25) is 5.88 Å². The molecule has 0 atom stereocenters. The zero-order valence-corrected chi connectivity index (χ0v) is 17.8. The van der Waals surface area contributed by atoms with Crippen LogP contribution in [0, 0.1) is 0 Å². The van der Waals surface area contributed by atoms with Crippen molar-refractivity contribution < 1.29 is 9.47 Å². The van der Waals surface area contributed by atoms with Crippen molar-refractivity contribution in [2.75, 3.05) is 7.11 Å². The van der Waals surface area contributed by atoms with Gasteiger partial charge in [0.25, 0.3) is 0 Å². The van der Waals surface area contributed by atoms with E-state index in [1.54, 1.807) is 19.6 Å². The molecule has 1 aromatic carbocycles. The van der Waals surface area contributed by atoms with Gasteiger partial charge in [-0.15, -0.1) is 0 Å². The Morgan fingerprint density at radius 2 is 2.11 bits per heavy atom. The van der Waals surface area contributed by atoms with Gasteiger partial charge in [-0.25, -0.2) is 9.97 Å². The van der Waals surface area contributed by atoms with Crippen LogP contribution in [0.3, 0.4) is 0 Å². The quantitative estimate of drug-likeness (QED) is 0.450. The number of hydrogen-bond donors (Lipinski definition) is 0. The Labute approximate surface area is 174 Å². The molecule has 0 saturated carbocycles. The molecule has 146 valence electrons. The summed E-state index contributed by atoms with van der Waals surface area (Å²) in [6, 6.07) is 7.91. The number of rotatable bonds is 7. The average molecular weight is 416 g/mol. The molecule has 0 aliphatic heterocycles. The second kappa shape index (κ2) is 9.17. The van der Waals surface area contributed by atoms with E-state index in [4.69, 9.17) is 26.1 Å². The Morgan fingerprint density at radius 3 is 2.79 bits per heavy atom. The predicted octanol–water partition coefficient (Wildman–Crippen LogP) is 5.89. The van der Waals surface area contributed by atoms with Gasteiger partial charge in [0.15, 0.2) is 5.82 Å².